The van der Waals surface area contributed by atoms with Crippen molar-refractivity contribution in [3.63, 3.8) is 0 Å². The number of thiazole rings is 1. The largest absolute Gasteiger partial charge is 0.368 e. The van der Waals surface area contributed by atoms with E-state index in [1.807, 2.05) is 30.3 Å². The molecule has 0 spiro atoms. The van der Waals surface area contributed by atoms with Crippen LogP contribution in [0.15, 0.2) is 41.9 Å². The molecular weight excluding hydrogens is 438 g/mol. The van der Waals surface area contributed by atoms with Crippen molar-refractivity contribution in [1.82, 2.24) is 14.6 Å². The molecule has 1 saturated heterocycles. The van der Waals surface area contributed by atoms with Crippen LogP contribution in [0.25, 0.3) is 0 Å². The summed E-state index contributed by atoms with van der Waals surface area (Å²) in [6.45, 7) is 3.39. The van der Waals surface area contributed by atoms with Gasteiger partial charge in [0.05, 0.1) is 11.7 Å². The summed E-state index contributed by atoms with van der Waals surface area (Å²) in [5, 5.41) is 5.13. The third-order valence-corrected chi connectivity index (χ3v) is 7.96. The lowest BCUT2D eigenvalue weighted by atomic mass is 9.99. The number of aromatic nitrogens is 1. The van der Waals surface area contributed by atoms with Crippen molar-refractivity contribution in [1.29, 1.82) is 0 Å². The summed E-state index contributed by atoms with van der Waals surface area (Å²) >= 11 is 1.19. The van der Waals surface area contributed by atoms with Crippen molar-refractivity contribution in [3.8, 4) is 0 Å². The van der Waals surface area contributed by atoms with Gasteiger partial charge in [0.2, 0.25) is 21.8 Å². The number of carbonyl (C=O) groups excluding carboxylic acids is 2. The van der Waals surface area contributed by atoms with Crippen LogP contribution in [0.3, 0.4) is 0 Å². The van der Waals surface area contributed by atoms with Crippen molar-refractivity contribution in [2.45, 2.75) is 19.4 Å². The van der Waals surface area contributed by atoms with Gasteiger partial charge in [0.15, 0.2) is 5.13 Å². The first-order valence-corrected chi connectivity index (χ1v) is 12.5. The Kier molecular flexibility index (Phi) is 7.76. The van der Waals surface area contributed by atoms with Crippen molar-refractivity contribution in [3.05, 3.63) is 47.5 Å². The monoisotopic (exact) mass is 465 g/mol. The van der Waals surface area contributed by atoms with E-state index < -0.39 is 33.8 Å². The van der Waals surface area contributed by atoms with Gasteiger partial charge in [0, 0.05) is 37.8 Å². The Bertz CT molecular complexity index is 976. The molecule has 0 saturated carbocycles. The number of amides is 2. The maximum atomic E-state index is 13.6. The molecule has 1 aliphatic heterocycles. The van der Waals surface area contributed by atoms with E-state index in [1.54, 1.807) is 5.38 Å². The molecule has 1 aliphatic rings. The second-order valence-corrected chi connectivity index (χ2v) is 10.3. The van der Waals surface area contributed by atoms with E-state index in [1.165, 1.54) is 33.7 Å². The number of nitrogens with two attached hydrogens (primary N) is 1. The van der Waals surface area contributed by atoms with Gasteiger partial charge in [-0.1, -0.05) is 30.3 Å². The van der Waals surface area contributed by atoms with Crippen LogP contribution < -0.4 is 16.0 Å². The van der Waals surface area contributed by atoms with Crippen LogP contribution in [-0.2, 0) is 26.0 Å². The maximum Gasteiger partial charge on any atom is 0.240 e. The highest BCUT2D eigenvalue weighted by molar-refractivity contribution is 7.89. The Morgan fingerprint density at radius 3 is 2.52 bits per heavy atom. The number of hydrogen-bond donors (Lipinski definition) is 2. The normalized spacial score (nSPS) is 17.1. The molecule has 1 fully saturated rings. The second kappa shape index (κ2) is 10.3. The van der Waals surface area contributed by atoms with Gasteiger partial charge in [-0.05, 0) is 18.9 Å². The quantitative estimate of drug-likeness (QED) is 0.554. The number of anilines is 1. The molecule has 0 aliphatic carbocycles. The molecule has 2 heterocycles. The summed E-state index contributed by atoms with van der Waals surface area (Å²) in [6, 6.07) is 8.28. The predicted octanol–water partition coefficient (Wildman–Crippen LogP) is 0.444. The van der Waals surface area contributed by atoms with Crippen LogP contribution >= 0.6 is 11.3 Å². The Hall–Kier alpha value is -2.34. The molecule has 2 unspecified atom stereocenters. The fourth-order valence-corrected chi connectivity index (χ4v) is 5.95. The SMILES string of the molecule is CC(C(N)=O)N(C(=O)C(Cc1ccccc1)CS(=O)(=O)N1CCNCC1)c1nccs1. The number of primary amides is 1. The number of nitrogens with one attached hydrogen (secondary N) is 1. The summed E-state index contributed by atoms with van der Waals surface area (Å²) in [5.41, 5.74) is 6.32. The standard InChI is InChI=1S/C20H27N5O4S2/c1-15(18(21)26)25(20-23-9-12-30-20)19(27)17(13-16-5-3-2-4-6-16)14-31(28,29)24-10-7-22-8-11-24/h2-6,9,12,15,17,22H,7-8,10-11,13-14H2,1H3,(H2,21,26). The maximum absolute atomic E-state index is 13.6. The van der Waals surface area contributed by atoms with E-state index in [0.717, 1.165) is 5.56 Å². The van der Waals surface area contributed by atoms with E-state index in [9.17, 15) is 18.0 Å². The molecule has 1 aromatic carbocycles. The smallest absolute Gasteiger partial charge is 0.240 e. The summed E-state index contributed by atoms with van der Waals surface area (Å²) in [7, 11) is -3.68. The van der Waals surface area contributed by atoms with E-state index in [-0.39, 0.29) is 12.2 Å². The molecule has 3 rings (SSSR count). The third-order valence-electron chi connectivity index (χ3n) is 5.22. The number of carbonyl (C=O) groups is 2. The van der Waals surface area contributed by atoms with Gasteiger partial charge in [-0.25, -0.2) is 13.4 Å². The highest BCUT2D eigenvalue weighted by atomic mass is 32.2. The van der Waals surface area contributed by atoms with Crippen LogP contribution in [0.2, 0.25) is 0 Å². The van der Waals surface area contributed by atoms with E-state index in [2.05, 4.69) is 10.3 Å². The predicted molar refractivity (Wildman–Crippen MR) is 120 cm³/mol. The summed E-state index contributed by atoms with van der Waals surface area (Å²) in [6.07, 6.45) is 1.75. The van der Waals surface area contributed by atoms with Crippen molar-refractivity contribution < 1.29 is 18.0 Å². The van der Waals surface area contributed by atoms with Gasteiger partial charge >= 0.3 is 0 Å². The molecule has 0 radical (unpaired) electrons. The van der Waals surface area contributed by atoms with Gasteiger partial charge in [0.25, 0.3) is 0 Å². The fraction of sp³-hybridized carbons (Fsp3) is 0.450. The minimum Gasteiger partial charge on any atom is -0.368 e. The summed E-state index contributed by atoms with van der Waals surface area (Å²) in [5.74, 6) is -2.42. The Morgan fingerprint density at radius 1 is 1.26 bits per heavy atom. The minimum absolute atomic E-state index is 0.221. The molecule has 1 aromatic heterocycles. The fourth-order valence-electron chi connectivity index (χ4n) is 3.51. The molecule has 168 valence electrons. The molecule has 2 aromatic rings. The number of hydrogen-bond acceptors (Lipinski definition) is 7. The first-order chi connectivity index (χ1) is 14.8. The van der Waals surface area contributed by atoms with E-state index in [0.29, 0.717) is 31.3 Å². The van der Waals surface area contributed by atoms with Gasteiger partial charge < -0.3 is 11.1 Å². The van der Waals surface area contributed by atoms with Crippen molar-refractivity contribution in [2.75, 3.05) is 36.8 Å². The molecule has 11 heteroatoms. The number of benzene rings is 1. The second-order valence-electron chi connectivity index (χ2n) is 7.42. The van der Waals surface area contributed by atoms with Crippen LogP contribution in [-0.4, -0.2) is 67.5 Å². The molecule has 2 atom stereocenters. The minimum atomic E-state index is -3.68. The van der Waals surface area contributed by atoms with E-state index >= 15 is 0 Å². The topological polar surface area (TPSA) is 126 Å². The average molecular weight is 466 g/mol. The Balaban J connectivity index is 1.93. The van der Waals surface area contributed by atoms with Gasteiger partial charge in [-0.2, -0.15) is 4.31 Å². The van der Waals surface area contributed by atoms with Crippen molar-refractivity contribution >= 4 is 38.3 Å². The number of rotatable bonds is 9. The average Bonchev–Trinajstić information content (AvgIpc) is 3.29. The summed E-state index contributed by atoms with van der Waals surface area (Å²) in [4.78, 5) is 31.0. The molecule has 9 nitrogen and oxygen atoms in total. The molecule has 2 amide bonds. The highest BCUT2D eigenvalue weighted by Crippen LogP contribution is 2.25. The van der Waals surface area contributed by atoms with Gasteiger partial charge in [-0.15, -0.1) is 11.3 Å². The third kappa shape index (κ3) is 5.88. The Labute approximate surface area is 186 Å². The number of sulfonamides is 1. The lowest BCUT2D eigenvalue weighted by Crippen LogP contribution is -2.52. The molecular formula is C20H27N5O4S2. The zero-order valence-corrected chi connectivity index (χ0v) is 18.9. The van der Waals surface area contributed by atoms with Crippen LogP contribution in [0.1, 0.15) is 12.5 Å². The van der Waals surface area contributed by atoms with Crippen LogP contribution in [0.4, 0.5) is 5.13 Å². The summed E-state index contributed by atoms with van der Waals surface area (Å²) < 4.78 is 27.7. The first-order valence-electron chi connectivity index (χ1n) is 10.0. The lowest BCUT2D eigenvalue weighted by Gasteiger charge is -2.31. The Morgan fingerprint density at radius 2 is 1.94 bits per heavy atom. The van der Waals surface area contributed by atoms with Crippen molar-refractivity contribution in [2.24, 2.45) is 11.7 Å². The molecule has 3 N–H and O–H groups in total. The zero-order valence-electron chi connectivity index (χ0n) is 17.3. The molecule has 0 bridgehead atoms. The molecule has 31 heavy (non-hydrogen) atoms. The lowest BCUT2D eigenvalue weighted by molar-refractivity contribution is -0.126. The zero-order chi connectivity index (χ0) is 22.4. The number of piperazine rings is 1. The van der Waals surface area contributed by atoms with Gasteiger partial charge in [-0.3, -0.25) is 14.5 Å². The van der Waals surface area contributed by atoms with E-state index in [4.69, 9.17) is 5.73 Å². The van der Waals surface area contributed by atoms with Crippen LogP contribution in [0, 0.1) is 5.92 Å². The highest BCUT2D eigenvalue weighted by Gasteiger charge is 2.37. The number of nitrogens with zero attached hydrogens (tertiary/aromatic N) is 3. The van der Waals surface area contributed by atoms with Crippen LogP contribution in [0.5, 0.6) is 0 Å². The first kappa shape index (κ1) is 23.3. The van der Waals surface area contributed by atoms with Gasteiger partial charge in [0.1, 0.15) is 6.04 Å².